The highest BCUT2D eigenvalue weighted by Gasteiger charge is 2.17. The van der Waals surface area contributed by atoms with E-state index in [-0.39, 0.29) is 16.9 Å². The standard InChI is InChI=1S/C19H18N4O2S/c1-13(24)15-8-10-16(11-9-15)21-18(25)14(2)26-19-20-12-23(22-19)17-6-4-3-5-7-17/h3-12,14H,1-2H3,(H,21,25). The number of amides is 1. The summed E-state index contributed by atoms with van der Waals surface area (Å²) < 4.78 is 1.67. The molecule has 132 valence electrons. The molecule has 26 heavy (non-hydrogen) atoms. The molecule has 0 radical (unpaired) electrons. The van der Waals surface area contributed by atoms with Crippen LogP contribution in [0.4, 0.5) is 5.69 Å². The first-order valence-corrected chi connectivity index (χ1v) is 8.96. The van der Waals surface area contributed by atoms with Gasteiger partial charge in [0.15, 0.2) is 5.78 Å². The van der Waals surface area contributed by atoms with Crippen molar-refractivity contribution in [3.05, 3.63) is 66.5 Å². The van der Waals surface area contributed by atoms with E-state index in [4.69, 9.17) is 0 Å². The molecule has 7 heteroatoms. The van der Waals surface area contributed by atoms with Crippen LogP contribution >= 0.6 is 11.8 Å². The van der Waals surface area contributed by atoms with Gasteiger partial charge in [0, 0.05) is 11.3 Å². The van der Waals surface area contributed by atoms with E-state index in [1.807, 2.05) is 30.3 Å². The Morgan fingerprint density at radius 1 is 1.08 bits per heavy atom. The van der Waals surface area contributed by atoms with Crippen LogP contribution in [0, 0.1) is 0 Å². The molecular formula is C19H18N4O2S. The number of rotatable bonds is 6. The topological polar surface area (TPSA) is 76.9 Å². The molecule has 1 aromatic heterocycles. The van der Waals surface area contributed by atoms with E-state index in [9.17, 15) is 9.59 Å². The third kappa shape index (κ3) is 4.37. The average molecular weight is 366 g/mol. The lowest BCUT2D eigenvalue weighted by molar-refractivity contribution is -0.115. The molecule has 6 nitrogen and oxygen atoms in total. The molecule has 0 aliphatic heterocycles. The molecule has 0 bridgehead atoms. The van der Waals surface area contributed by atoms with Crippen LogP contribution in [-0.2, 0) is 4.79 Å². The molecular weight excluding hydrogens is 348 g/mol. The predicted octanol–water partition coefficient (Wildman–Crippen LogP) is 3.59. The molecule has 0 saturated heterocycles. The number of nitrogens with one attached hydrogen (secondary N) is 1. The summed E-state index contributed by atoms with van der Waals surface area (Å²) in [6.07, 6.45) is 1.63. The second kappa shape index (κ2) is 7.97. The Bertz CT molecular complexity index is 907. The van der Waals surface area contributed by atoms with Gasteiger partial charge >= 0.3 is 0 Å². The number of hydrogen-bond donors (Lipinski definition) is 1. The molecule has 1 atom stereocenters. The van der Waals surface area contributed by atoms with Gasteiger partial charge in [-0.05, 0) is 50.2 Å². The fourth-order valence-corrected chi connectivity index (χ4v) is 2.98. The third-order valence-electron chi connectivity index (χ3n) is 3.70. The summed E-state index contributed by atoms with van der Waals surface area (Å²) in [5, 5.41) is 7.39. The normalized spacial score (nSPS) is 11.8. The summed E-state index contributed by atoms with van der Waals surface area (Å²) >= 11 is 1.29. The number of carbonyl (C=O) groups excluding carboxylic acids is 2. The number of benzene rings is 2. The van der Waals surface area contributed by atoms with Crippen LogP contribution in [0.15, 0.2) is 66.1 Å². The van der Waals surface area contributed by atoms with Crippen LogP contribution in [-0.4, -0.2) is 31.7 Å². The second-order valence-electron chi connectivity index (χ2n) is 5.69. The first-order valence-electron chi connectivity index (χ1n) is 8.08. The van der Waals surface area contributed by atoms with Crippen LogP contribution in [0.3, 0.4) is 0 Å². The minimum atomic E-state index is -0.367. The number of anilines is 1. The second-order valence-corrected chi connectivity index (χ2v) is 7.00. The molecule has 2 aromatic carbocycles. The molecule has 3 aromatic rings. The maximum absolute atomic E-state index is 12.4. The molecule has 3 rings (SSSR count). The molecule has 0 spiro atoms. The van der Waals surface area contributed by atoms with Crippen molar-refractivity contribution in [1.82, 2.24) is 14.8 Å². The number of carbonyl (C=O) groups is 2. The molecule has 0 fully saturated rings. The highest BCUT2D eigenvalue weighted by Crippen LogP contribution is 2.21. The molecule has 0 saturated carbocycles. The molecule has 1 unspecified atom stereocenters. The number of Topliss-reactive ketones (excluding diaryl/α,β-unsaturated/α-hetero) is 1. The van der Waals surface area contributed by atoms with Gasteiger partial charge in [0.1, 0.15) is 6.33 Å². The van der Waals surface area contributed by atoms with Crippen molar-refractivity contribution in [1.29, 1.82) is 0 Å². The van der Waals surface area contributed by atoms with Crippen molar-refractivity contribution < 1.29 is 9.59 Å². The lowest BCUT2D eigenvalue weighted by Gasteiger charge is -2.10. The Hall–Kier alpha value is -2.93. The molecule has 0 aliphatic rings. The zero-order chi connectivity index (χ0) is 18.5. The van der Waals surface area contributed by atoms with Gasteiger partial charge in [-0.25, -0.2) is 9.67 Å². The number of ketones is 1. The van der Waals surface area contributed by atoms with Crippen molar-refractivity contribution >= 4 is 29.1 Å². The van der Waals surface area contributed by atoms with Gasteiger partial charge in [-0.15, -0.1) is 5.10 Å². The number of nitrogens with zero attached hydrogens (tertiary/aromatic N) is 3. The zero-order valence-corrected chi connectivity index (χ0v) is 15.2. The van der Waals surface area contributed by atoms with Gasteiger partial charge in [-0.1, -0.05) is 30.0 Å². The molecule has 1 amide bonds. The Morgan fingerprint density at radius 2 is 1.77 bits per heavy atom. The van der Waals surface area contributed by atoms with E-state index in [1.165, 1.54) is 18.7 Å². The lowest BCUT2D eigenvalue weighted by atomic mass is 10.1. The minimum absolute atomic E-state index is 0.00752. The maximum atomic E-state index is 12.4. The summed E-state index contributed by atoms with van der Waals surface area (Å²) in [7, 11) is 0. The van der Waals surface area contributed by atoms with Crippen molar-refractivity contribution in [2.45, 2.75) is 24.3 Å². The first-order chi connectivity index (χ1) is 12.5. The van der Waals surface area contributed by atoms with E-state index < -0.39 is 0 Å². The van der Waals surface area contributed by atoms with E-state index >= 15 is 0 Å². The number of thioether (sulfide) groups is 1. The maximum Gasteiger partial charge on any atom is 0.237 e. The number of hydrogen-bond acceptors (Lipinski definition) is 5. The summed E-state index contributed by atoms with van der Waals surface area (Å²) in [4.78, 5) is 27.9. The summed E-state index contributed by atoms with van der Waals surface area (Å²) in [5.74, 6) is -0.159. The van der Waals surface area contributed by atoms with Gasteiger partial charge in [0.05, 0.1) is 10.9 Å². The van der Waals surface area contributed by atoms with E-state index in [2.05, 4.69) is 15.4 Å². The zero-order valence-electron chi connectivity index (χ0n) is 14.4. The summed E-state index contributed by atoms with van der Waals surface area (Å²) in [6, 6.07) is 16.5. The lowest BCUT2D eigenvalue weighted by Crippen LogP contribution is -2.22. The quantitative estimate of drug-likeness (QED) is 0.533. The summed E-state index contributed by atoms with van der Waals surface area (Å²) in [5.41, 5.74) is 2.17. The predicted molar refractivity (Wildman–Crippen MR) is 102 cm³/mol. The molecule has 1 heterocycles. The number of para-hydroxylation sites is 1. The van der Waals surface area contributed by atoms with Crippen molar-refractivity contribution in [2.24, 2.45) is 0 Å². The summed E-state index contributed by atoms with van der Waals surface area (Å²) in [6.45, 7) is 3.31. The third-order valence-corrected chi connectivity index (χ3v) is 4.67. The van der Waals surface area contributed by atoms with Crippen molar-refractivity contribution in [2.75, 3.05) is 5.32 Å². The van der Waals surface area contributed by atoms with E-state index in [0.29, 0.717) is 16.4 Å². The smallest absolute Gasteiger partial charge is 0.237 e. The van der Waals surface area contributed by atoms with E-state index in [1.54, 1.807) is 42.2 Å². The highest BCUT2D eigenvalue weighted by molar-refractivity contribution is 8.00. The van der Waals surface area contributed by atoms with E-state index in [0.717, 1.165) is 5.69 Å². The molecule has 0 aliphatic carbocycles. The van der Waals surface area contributed by atoms with Crippen molar-refractivity contribution in [3.8, 4) is 5.69 Å². The van der Waals surface area contributed by atoms with Gasteiger partial charge in [-0.3, -0.25) is 9.59 Å². The largest absolute Gasteiger partial charge is 0.325 e. The van der Waals surface area contributed by atoms with Crippen LogP contribution < -0.4 is 5.32 Å². The fourth-order valence-electron chi connectivity index (χ4n) is 2.25. The first kappa shape index (κ1) is 17.9. The fraction of sp³-hybridized carbons (Fsp3) is 0.158. The Balaban J connectivity index is 1.61. The SMILES string of the molecule is CC(=O)c1ccc(NC(=O)C(C)Sc2ncn(-c3ccccc3)n2)cc1. The van der Waals surface area contributed by atoms with Gasteiger partial charge in [0.2, 0.25) is 11.1 Å². The van der Waals surface area contributed by atoms with Gasteiger partial charge in [-0.2, -0.15) is 0 Å². The Morgan fingerprint density at radius 3 is 2.42 bits per heavy atom. The van der Waals surface area contributed by atoms with Gasteiger partial charge < -0.3 is 5.32 Å². The minimum Gasteiger partial charge on any atom is -0.325 e. The van der Waals surface area contributed by atoms with Crippen LogP contribution in [0.2, 0.25) is 0 Å². The Kier molecular flexibility index (Phi) is 5.48. The van der Waals surface area contributed by atoms with Gasteiger partial charge in [0.25, 0.3) is 0 Å². The van der Waals surface area contributed by atoms with Crippen LogP contribution in [0.25, 0.3) is 5.69 Å². The monoisotopic (exact) mass is 366 g/mol. The Labute approximate surface area is 155 Å². The number of aromatic nitrogens is 3. The van der Waals surface area contributed by atoms with Crippen molar-refractivity contribution in [3.63, 3.8) is 0 Å². The highest BCUT2D eigenvalue weighted by atomic mass is 32.2. The average Bonchev–Trinajstić information content (AvgIpc) is 3.11. The van der Waals surface area contributed by atoms with Crippen LogP contribution in [0.1, 0.15) is 24.2 Å². The van der Waals surface area contributed by atoms with Crippen LogP contribution in [0.5, 0.6) is 0 Å². The molecule has 1 N–H and O–H groups in total.